The van der Waals surface area contributed by atoms with Crippen LogP contribution in [-0.2, 0) is 6.54 Å². The fourth-order valence-electron chi connectivity index (χ4n) is 3.15. The molecular formula is C19H19F3N6O2S. The number of ether oxygens (including phenoxy) is 1. The number of aromatic nitrogens is 5. The first kappa shape index (κ1) is 21.2. The van der Waals surface area contributed by atoms with E-state index in [9.17, 15) is 18.0 Å². The first-order chi connectivity index (χ1) is 14.9. The molecule has 0 atom stereocenters. The van der Waals surface area contributed by atoms with Gasteiger partial charge in [0.2, 0.25) is 0 Å². The highest BCUT2D eigenvalue weighted by molar-refractivity contribution is 7.15. The Kier molecular flexibility index (Phi) is 6.16. The maximum absolute atomic E-state index is 12.3. The molecule has 1 aliphatic rings. The van der Waals surface area contributed by atoms with Crippen molar-refractivity contribution < 1.29 is 17.9 Å². The molecule has 0 saturated carbocycles. The summed E-state index contributed by atoms with van der Waals surface area (Å²) in [6.45, 7) is 0.775. The van der Waals surface area contributed by atoms with Crippen molar-refractivity contribution in [3.63, 3.8) is 0 Å². The van der Waals surface area contributed by atoms with Crippen molar-refractivity contribution in [2.45, 2.75) is 32.0 Å². The van der Waals surface area contributed by atoms with Gasteiger partial charge in [-0.1, -0.05) is 11.3 Å². The van der Waals surface area contributed by atoms with E-state index in [-0.39, 0.29) is 18.1 Å². The number of alkyl halides is 3. The molecule has 0 aliphatic carbocycles. The van der Waals surface area contributed by atoms with E-state index < -0.39 is 12.8 Å². The van der Waals surface area contributed by atoms with Crippen LogP contribution in [0.4, 0.5) is 18.2 Å². The molecule has 0 spiro atoms. The van der Waals surface area contributed by atoms with Crippen molar-refractivity contribution in [2.24, 2.45) is 0 Å². The molecule has 0 N–H and O–H groups in total. The predicted octanol–water partition coefficient (Wildman–Crippen LogP) is 3.14. The van der Waals surface area contributed by atoms with E-state index in [2.05, 4.69) is 29.7 Å². The SMILES string of the molecule is O=c1ccc(-c2cnc(OCC(F)(F)F)nc2)nn1Cc1ncc(N2CCCCC2)s1. The smallest absolute Gasteiger partial charge is 0.422 e. The van der Waals surface area contributed by atoms with Gasteiger partial charge in [-0.25, -0.2) is 19.6 Å². The van der Waals surface area contributed by atoms with Crippen LogP contribution in [0.15, 0.2) is 35.5 Å². The van der Waals surface area contributed by atoms with Crippen LogP contribution in [0, 0.1) is 0 Å². The van der Waals surface area contributed by atoms with Gasteiger partial charge in [-0.15, -0.1) is 0 Å². The molecular weight excluding hydrogens is 433 g/mol. The highest BCUT2D eigenvalue weighted by Gasteiger charge is 2.29. The first-order valence-corrected chi connectivity index (χ1v) is 10.5. The van der Waals surface area contributed by atoms with Crippen molar-refractivity contribution in [2.75, 3.05) is 24.6 Å². The molecule has 12 heteroatoms. The number of anilines is 1. The Bertz CT molecular complexity index is 1080. The zero-order valence-electron chi connectivity index (χ0n) is 16.4. The lowest BCUT2D eigenvalue weighted by Gasteiger charge is -2.26. The number of thiazole rings is 1. The number of nitrogens with zero attached hydrogens (tertiary/aromatic N) is 6. The average molecular weight is 452 g/mol. The fraction of sp³-hybridized carbons (Fsp3) is 0.421. The summed E-state index contributed by atoms with van der Waals surface area (Å²) in [5, 5.41) is 6.18. The molecule has 1 aliphatic heterocycles. The van der Waals surface area contributed by atoms with Crippen molar-refractivity contribution in [3.05, 3.63) is 46.1 Å². The maximum atomic E-state index is 12.3. The summed E-state index contributed by atoms with van der Waals surface area (Å²) in [4.78, 5) is 26.5. The summed E-state index contributed by atoms with van der Waals surface area (Å²) in [7, 11) is 0. The quantitative estimate of drug-likeness (QED) is 0.568. The fourth-order valence-corrected chi connectivity index (χ4v) is 4.10. The molecule has 0 amide bonds. The Balaban J connectivity index is 1.47. The highest BCUT2D eigenvalue weighted by Crippen LogP contribution is 2.27. The van der Waals surface area contributed by atoms with Gasteiger partial charge in [0.15, 0.2) is 6.61 Å². The second kappa shape index (κ2) is 9.00. The summed E-state index contributed by atoms with van der Waals surface area (Å²) in [5.41, 5.74) is 0.570. The van der Waals surface area contributed by atoms with Crippen LogP contribution in [0.3, 0.4) is 0 Å². The predicted molar refractivity (Wildman–Crippen MR) is 108 cm³/mol. The van der Waals surface area contributed by atoms with Gasteiger partial charge in [0.05, 0.1) is 18.4 Å². The summed E-state index contributed by atoms with van der Waals surface area (Å²) >= 11 is 1.54. The summed E-state index contributed by atoms with van der Waals surface area (Å²) < 4.78 is 42.5. The van der Waals surface area contributed by atoms with Gasteiger partial charge in [-0.2, -0.15) is 18.3 Å². The molecule has 0 radical (unpaired) electrons. The van der Waals surface area contributed by atoms with Crippen LogP contribution in [0.5, 0.6) is 6.01 Å². The Hall–Kier alpha value is -3.02. The monoisotopic (exact) mass is 452 g/mol. The molecule has 4 rings (SSSR count). The summed E-state index contributed by atoms with van der Waals surface area (Å²) in [5.74, 6) is 0. The van der Waals surface area contributed by atoms with Gasteiger partial charge < -0.3 is 9.64 Å². The topological polar surface area (TPSA) is 86.0 Å². The Morgan fingerprint density at radius 2 is 1.77 bits per heavy atom. The molecule has 1 saturated heterocycles. The van der Waals surface area contributed by atoms with Crippen molar-refractivity contribution in [1.82, 2.24) is 24.7 Å². The van der Waals surface area contributed by atoms with E-state index >= 15 is 0 Å². The van der Waals surface area contributed by atoms with Crippen LogP contribution < -0.4 is 15.2 Å². The standard InChI is InChI=1S/C19H19F3N6O2S/c20-19(21,22)12-30-18-24-8-13(9-25-18)14-4-5-16(29)28(26-14)11-15-23-10-17(31-15)27-6-2-1-3-7-27/h4-5,8-10H,1-3,6-7,11-12H2. The molecule has 1 fully saturated rings. The zero-order valence-corrected chi connectivity index (χ0v) is 17.2. The Labute approximate surface area is 179 Å². The Morgan fingerprint density at radius 3 is 2.48 bits per heavy atom. The van der Waals surface area contributed by atoms with Gasteiger partial charge >= 0.3 is 12.2 Å². The molecule has 4 heterocycles. The third-order valence-corrected chi connectivity index (χ3v) is 5.69. The van der Waals surface area contributed by atoms with Gasteiger partial charge in [-0.3, -0.25) is 4.79 Å². The number of hydrogen-bond donors (Lipinski definition) is 0. The van der Waals surface area contributed by atoms with Crippen molar-refractivity contribution in [1.29, 1.82) is 0 Å². The van der Waals surface area contributed by atoms with Gasteiger partial charge in [0.25, 0.3) is 5.56 Å². The zero-order chi connectivity index (χ0) is 21.8. The van der Waals surface area contributed by atoms with E-state index in [1.165, 1.54) is 59.8 Å². The minimum atomic E-state index is -4.47. The lowest BCUT2D eigenvalue weighted by molar-refractivity contribution is -0.154. The molecule has 164 valence electrons. The molecule has 3 aromatic rings. The van der Waals surface area contributed by atoms with E-state index in [1.54, 1.807) is 0 Å². The van der Waals surface area contributed by atoms with Crippen LogP contribution in [0.25, 0.3) is 11.3 Å². The maximum Gasteiger partial charge on any atom is 0.422 e. The van der Waals surface area contributed by atoms with Crippen LogP contribution in [-0.4, -0.2) is 50.6 Å². The summed E-state index contributed by atoms with van der Waals surface area (Å²) in [6, 6.07) is 2.49. The van der Waals surface area contributed by atoms with E-state index in [0.29, 0.717) is 11.3 Å². The molecule has 31 heavy (non-hydrogen) atoms. The lowest BCUT2D eigenvalue weighted by Crippen LogP contribution is -2.28. The molecule has 0 aromatic carbocycles. The number of hydrogen-bond acceptors (Lipinski definition) is 8. The van der Waals surface area contributed by atoms with Gasteiger partial charge in [-0.05, 0) is 25.3 Å². The minimum Gasteiger partial charge on any atom is -0.454 e. The van der Waals surface area contributed by atoms with Gasteiger partial charge in [0, 0.05) is 37.1 Å². The molecule has 0 unspecified atom stereocenters. The van der Waals surface area contributed by atoms with E-state index in [0.717, 1.165) is 23.1 Å². The van der Waals surface area contributed by atoms with Crippen molar-refractivity contribution in [3.8, 4) is 17.3 Å². The molecule has 3 aromatic heterocycles. The van der Waals surface area contributed by atoms with E-state index in [1.807, 2.05) is 6.20 Å². The third kappa shape index (κ3) is 5.57. The van der Waals surface area contributed by atoms with Gasteiger partial charge in [0.1, 0.15) is 10.0 Å². The number of halogens is 3. The summed E-state index contributed by atoms with van der Waals surface area (Å²) in [6.07, 6.45) is 3.53. The average Bonchev–Trinajstić information content (AvgIpc) is 3.23. The van der Waals surface area contributed by atoms with Crippen molar-refractivity contribution >= 4 is 16.3 Å². The second-order valence-corrected chi connectivity index (χ2v) is 8.11. The number of piperidine rings is 1. The molecule has 0 bridgehead atoms. The lowest BCUT2D eigenvalue weighted by atomic mass is 10.1. The van der Waals surface area contributed by atoms with Crippen LogP contribution in [0.2, 0.25) is 0 Å². The largest absolute Gasteiger partial charge is 0.454 e. The normalized spacial score (nSPS) is 14.6. The van der Waals surface area contributed by atoms with Crippen LogP contribution in [0.1, 0.15) is 24.3 Å². The van der Waals surface area contributed by atoms with E-state index in [4.69, 9.17) is 0 Å². The highest BCUT2D eigenvalue weighted by atomic mass is 32.1. The Morgan fingerprint density at radius 1 is 1.03 bits per heavy atom. The van der Waals surface area contributed by atoms with Crippen LogP contribution >= 0.6 is 11.3 Å². The third-order valence-electron chi connectivity index (χ3n) is 4.65. The molecule has 8 nitrogen and oxygen atoms in total. The minimum absolute atomic E-state index is 0.221. The number of rotatable bonds is 6. The first-order valence-electron chi connectivity index (χ1n) is 9.67. The second-order valence-electron chi connectivity index (χ2n) is 7.01.